The number of nitrogens with zero attached hydrogens (tertiary/aromatic N) is 2. The number of carbonyl (C=O) groups is 2. The SMILES string of the molecule is COc1ccc(C(=O)N2CCN(C(=O)c3ccccc3OC)CC2)cc1C. The van der Waals surface area contributed by atoms with E-state index in [0.29, 0.717) is 43.1 Å². The highest BCUT2D eigenvalue weighted by molar-refractivity contribution is 5.97. The van der Waals surface area contributed by atoms with Gasteiger partial charge in [0.15, 0.2) is 0 Å². The minimum absolute atomic E-state index is 0.0230. The molecule has 3 rings (SSSR count). The van der Waals surface area contributed by atoms with Crippen LogP contribution in [0.5, 0.6) is 11.5 Å². The van der Waals surface area contributed by atoms with Crippen molar-refractivity contribution < 1.29 is 19.1 Å². The predicted molar refractivity (Wildman–Crippen MR) is 103 cm³/mol. The summed E-state index contributed by atoms with van der Waals surface area (Å²) in [6.45, 7) is 3.92. The standard InChI is InChI=1S/C21H24N2O4/c1-15-14-16(8-9-18(15)26-2)20(24)22-10-12-23(13-11-22)21(25)17-6-4-5-7-19(17)27-3/h4-9,14H,10-13H2,1-3H3. The zero-order chi connectivity index (χ0) is 19.4. The molecule has 0 bridgehead atoms. The summed E-state index contributed by atoms with van der Waals surface area (Å²) in [6, 6.07) is 12.6. The molecule has 0 aromatic heterocycles. The van der Waals surface area contributed by atoms with Crippen molar-refractivity contribution >= 4 is 11.8 Å². The van der Waals surface area contributed by atoms with Gasteiger partial charge in [0, 0.05) is 31.7 Å². The van der Waals surface area contributed by atoms with Gasteiger partial charge in [-0.25, -0.2) is 0 Å². The molecule has 27 heavy (non-hydrogen) atoms. The van der Waals surface area contributed by atoms with Gasteiger partial charge in [-0.2, -0.15) is 0 Å². The Morgan fingerprint density at radius 2 is 1.41 bits per heavy atom. The number of rotatable bonds is 4. The number of amides is 2. The Hall–Kier alpha value is -3.02. The highest BCUT2D eigenvalue weighted by Gasteiger charge is 2.27. The van der Waals surface area contributed by atoms with Gasteiger partial charge in [0.1, 0.15) is 11.5 Å². The number of ether oxygens (including phenoxy) is 2. The summed E-state index contributed by atoms with van der Waals surface area (Å²) >= 11 is 0. The van der Waals surface area contributed by atoms with Gasteiger partial charge in [-0.05, 0) is 42.8 Å². The fourth-order valence-electron chi connectivity index (χ4n) is 3.30. The van der Waals surface area contributed by atoms with Crippen LogP contribution in [0.4, 0.5) is 0 Å². The van der Waals surface area contributed by atoms with E-state index in [-0.39, 0.29) is 11.8 Å². The van der Waals surface area contributed by atoms with Crippen molar-refractivity contribution in [2.45, 2.75) is 6.92 Å². The first kappa shape index (κ1) is 18.8. The summed E-state index contributed by atoms with van der Waals surface area (Å²) in [6.07, 6.45) is 0. The highest BCUT2D eigenvalue weighted by atomic mass is 16.5. The number of piperazine rings is 1. The average Bonchev–Trinajstić information content (AvgIpc) is 2.72. The molecule has 1 saturated heterocycles. The summed E-state index contributed by atoms with van der Waals surface area (Å²) < 4.78 is 10.5. The minimum Gasteiger partial charge on any atom is -0.496 e. The number of carbonyl (C=O) groups excluding carboxylic acids is 2. The topological polar surface area (TPSA) is 59.1 Å². The number of benzene rings is 2. The van der Waals surface area contributed by atoms with Crippen LogP contribution in [-0.2, 0) is 0 Å². The van der Waals surface area contributed by atoms with Crippen molar-refractivity contribution in [1.29, 1.82) is 0 Å². The van der Waals surface area contributed by atoms with Gasteiger partial charge in [0.25, 0.3) is 11.8 Å². The second-order valence-corrected chi connectivity index (χ2v) is 6.47. The first-order valence-corrected chi connectivity index (χ1v) is 8.91. The molecule has 142 valence electrons. The van der Waals surface area contributed by atoms with Crippen molar-refractivity contribution in [2.24, 2.45) is 0 Å². The van der Waals surface area contributed by atoms with E-state index in [2.05, 4.69) is 0 Å². The average molecular weight is 368 g/mol. The zero-order valence-electron chi connectivity index (χ0n) is 15.9. The van der Waals surface area contributed by atoms with E-state index in [1.807, 2.05) is 31.2 Å². The molecule has 1 aliphatic rings. The molecule has 0 unspecified atom stereocenters. The second-order valence-electron chi connectivity index (χ2n) is 6.47. The maximum absolute atomic E-state index is 12.8. The normalized spacial score (nSPS) is 14.0. The molecule has 0 aliphatic carbocycles. The van der Waals surface area contributed by atoms with Gasteiger partial charge in [-0.15, -0.1) is 0 Å². The van der Waals surface area contributed by atoms with E-state index < -0.39 is 0 Å². The van der Waals surface area contributed by atoms with E-state index in [9.17, 15) is 9.59 Å². The Morgan fingerprint density at radius 3 is 2.00 bits per heavy atom. The molecule has 1 aliphatic heterocycles. The van der Waals surface area contributed by atoms with E-state index >= 15 is 0 Å². The largest absolute Gasteiger partial charge is 0.496 e. The Kier molecular flexibility index (Phi) is 5.64. The third-order valence-electron chi connectivity index (χ3n) is 4.83. The lowest BCUT2D eigenvalue weighted by molar-refractivity contribution is 0.0533. The molecule has 1 heterocycles. The van der Waals surface area contributed by atoms with Crippen LogP contribution in [0, 0.1) is 6.92 Å². The molecule has 0 saturated carbocycles. The molecule has 1 fully saturated rings. The molecular weight excluding hydrogens is 344 g/mol. The predicted octanol–water partition coefficient (Wildman–Crippen LogP) is 2.61. The van der Waals surface area contributed by atoms with E-state index in [4.69, 9.17) is 9.47 Å². The van der Waals surface area contributed by atoms with Crippen molar-refractivity contribution in [2.75, 3.05) is 40.4 Å². The Morgan fingerprint density at radius 1 is 0.815 bits per heavy atom. The number of hydrogen-bond acceptors (Lipinski definition) is 4. The Labute approximate surface area is 159 Å². The first-order chi connectivity index (χ1) is 13.0. The van der Waals surface area contributed by atoms with Crippen LogP contribution in [0.15, 0.2) is 42.5 Å². The number of methoxy groups -OCH3 is 2. The van der Waals surface area contributed by atoms with Gasteiger partial charge < -0.3 is 19.3 Å². The molecule has 2 aromatic carbocycles. The van der Waals surface area contributed by atoms with Crippen LogP contribution < -0.4 is 9.47 Å². The molecule has 0 atom stereocenters. The summed E-state index contributed by atoms with van der Waals surface area (Å²) in [5, 5.41) is 0. The molecule has 6 heteroatoms. The van der Waals surface area contributed by atoms with Gasteiger partial charge in [0.2, 0.25) is 0 Å². The lowest BCUT2D eigenvalue weighted by Crippen LogP contribution is -2.50. The summed E-state index contributed by atoms with van der Waals surface area (Å²) in [4.78, 5) is 29.1. The highest BCUT2D eigenvalue weighted by Crippen LogP contribution is 2.22. The number of aryl methyl sites for hydroxylation is 1. The van der Waals surface area contributed by atoms with Crippen LogP contribution in [0.25, 0.3) is 0 Å². The van der Waals surface area contributed by atoms with Gasteiger partial charge >= 0.3 is 0 Å². The fourth-order valence-corrected chi connectivity index (χ4v) is 3.30. The fraction of sp³-hybridized carbons (Fsp3) is 0.333. The van der Waals surface area contributed by atoms with Gasteiger partial charge in [-0.1, -0.05) is 12.1 Å². The van der Waals surface area contributed by atoms with E-state index in [1.165, 1.54) is 0 Å². The van der Waals surface area contributed by atoms with Gasteiger partial charge in [0.05, 0.1) is 19.8 Å². The van der Waals surface area contributed by atoms with Crippen molar-refractivity contribution in [3.05, 3.63) is 59.2 Å². The summed E-state index contributed by atoms with van der Waals surface area (Å²) in [5.74, 6) is 1.23. The number of hydrogen-bond donors (Lipinski definition) is 0. The van der Waals surface area contributed by atoms with Crippen LogP contribution in [0.2, 0.25) is 0 Å². The maximum atomic E-state index is 12.8. The number of para-hydroxylation sites is 1. The Balaban J connectivity index is 1.65. The molecule has 0 spiro atoms. The molecule has 2 aromatic rings. The third-order valence-corrected chi connectivity index (χ3v) is 4.83. The molecule has 0 N–H and O–H groups in total. The maximum Gasteiger partial charge on any atom is 0.257 e. The monoisotopic (exact) mass is 368 g/mol. The molecule has 2 amide bonds. The quantitative estimate of drug-likeness (QED) is 0.832. The minimum atomic E-state index is -0.0696. The molecule has 6 nitrogen and oxygen atoms in total. The van der Waals surface area contributed by atoms with Crippen LogP contribution in [0.1, 0.15) is 26.3 Å². The van der Waals surface area contributed by atoms with E-state index in [1.54, 1.807) is 42.2 Å². The lowest BCUT2D eigenvalue weighted by Gasteiger charge is -2.35. The smallest absolute Gasteiger partial charge is 0.257 e. The third kappa shape index (κ3) is 3.89. The Bertz CT molecular complexity index is 842. The second kappa shape index (κ2) is 8.12. The molecule has 0 radical (unpaired) electrons. The lowest BCUT2D eigenvalue weighted by atomic mass is 10.1. The van der Waals surface area contributed by atoms with Crippen molar-refractivity contribution in [3.8, 4) is 11.5 Å². The van der Waals surface area contributed by atoms with E-state index in [0.717, 1.165) is 11.3 Å². The van der Waals surface area contributed by atoms with Crippen LogP contribution in [0.3, 0.4) is 0 Å². The van der Waals surface area contributed by atoms with Crippen molar-refractivity contribution in [3.63, 3.8) is 0 Å². The van der Waals surface area contributed by atoms with Crippen molar-refractivity contribution in [1.82, 2.24) is 9.80 Å². The van der Waals surface area contributed by atoms with Crippen LogP contribution >= 0.6 is 0 Å². The molecular formula is C21H24N2O4. The zero-order valence-corrected chi connectivity index (χ0v) is 15.9. The first-order valence-electron chi connectivity index (χ1n) is 8.91. The summed E-state index contributed by atoms with van der Waals surface area (Å²) in [7, 11) is 3.17. The van der Waals surface area contributed by atoms with Crippen LogP contribution in [-0.4, -0.2) is 62.0 Å². The van der Waals surface area contributed by atoms with Gasteiger partial charge in [-0.3, -0.25) is 9.59 Å². The summed E-state index contributed by atoms with van der Waals surface area (Å²) in [5.41, 5.74) is 2.11.